The number of carbonyl (C=O) groups is 1. The highest BCUT2D eigenvalue weighted by atomic mass is 32.2. The maximum absolute atomic E-state index is 13.0. The third-order valence-corrected chi connectivity index (χ3v) is 7.09. The zero-order chi connectivity index (χ0) is 19.3. The first kappa shape index (κ1) is 19.3. The van der Waals surface area contributed by atoms with Crippen molar-refractivity contribution in [3.8, 4) is 0 Å². The van der Waals surface area contributed by atoms with Crippen LogP contribution in [0.2, 0.25) is 0 Å². The Balaban J connectivity index is 1.33. The number of carbonyl (C=O) groups excluding carboxylic acids is 1. The van der Waals surface area contributed by atoms with Gasteiger partial charge in [-0.1, -0.05) is 49.4 Å². The predicted octanol–water partition coefficient (Wildman–Crippen LogP) is 3.72. The van der Waals surface area contributed by atoms with E-state index in [4.69, 9.17) is 0 Å². The molecule has 0 aliphatic carbocycles. The van der Waals surface area contributed by atoms with Crippen molar-refractivity contribution in [1.82, 2.24) is 9.80 Å². The molecule has 0 bridgehead atoms. The first-order valence-corrected chi connectivity index (χ1v) is 11.2. The molecule has 1 unspecified atom stereocenters. The summed E-state index contributed by atoms with van der Waals surface area (Å²) in [6.07, 6.45) is 1.13. The van der Waals surface area contributed by atoms with Crippen molar-refractivity contribution < 1.29 is 4.79 Å². The van der Waals surface area contributed by atoms with Crippen molar-refractivity contribution in [2.45, 2.75) is 30.0 Å². The number of fused-ring (bicyclic) bond motifs is 1. The number of hydrogen-bond acceptors (Lipinski definition) is 4. The molecule has 0 spiro atoms. The number of anilines is 1. The Morgan fingerprint density at radius 2 is 1.71 bits per heavy atom. The van der Waals surface area contributed by atoms with Gasteiger partial charge in [-0.15, -0.1) is 11.8 Å². The second-order valence-corrected chi connectivity index (χ2v) is 8.98. The molecule has 1 saturated heterocycles. The predicted molar refractivity (Wildman–Crippen MR) is 117 cm³/mol. The highest BCUT2D eigenvalue weighted by Crippen LogP contribution is 2.39. The van der Waals surface area contributed by atoms with Gasteiger partial charge in [0.2, 0.25) is 5.91 Å². The van der Waals surface area contributed by atoms with Crippen LogP contribution < -0.4 is 4.90 Å². The van der Waals surface area contributed by atoms with E-state index in [1.54, 1.807) is 0 Å². The van der Waals surface area contributed by atoms with Crippen LogP contribution in [0.4, 0.5) is 5.69 Å². The number of rotatable bonds is 5. The molecule has 5 heteroatoms. The molecule has 2 heterocycles. The van der Waals surface area contributed by atoms with Gasteiger partial charge in [0.05, 0.1) is 12.2 Å². The maximum Gasteiger partial charge on any atom is 0.242 e. The average Bonchev–Trinajstić information content (AvgIpc) is 2.75. The summed E-state index contributed by atoms with van der Waals surface area (Å²) >= 11 is 1.95. The van der Waals surface area contributed by atoms with Crippen molar-refractivity contribution >= 4 is 23.4 Å². The molecular formula is C23H29N3OS. The Morgan fingerprint density at radius 3 is 2.46 bits per heavy atom. The van der Waals surface area contributed by atoms with E-state index in [-0.39, 0.29) is 5.91 Å². The third-order valence-electron chi connectivity index (χ3n) is 5.68. The molecule has 1 atom stereocenters. The molecule has 0 N–H and O–H groups in total. The summed E-state index contributed by atoms with van der Waals surface area (Å²) in [5.74, 6) is 0.260. The Labute approximate surface area is 172 Å². The fourth-order valence-electron chi connectivity index (χ4n) is 4.00. The number of piperazine rings is 1. The molecular weight excluding hydrogens is 366 g/mol. The van der Waals surface area contributed by atoms with Gasteiger partial charge in [0.25, 0.3) is 0 Å². The monoisotopic (exact) mass is 395 g/mol. The molecule has 2 aliphatic rings. The number of hydrogen-bond donors (Lipinski definition) is 0. The first-order chi connectivity index (χ1) is 13.7. The van der Waals surface area contributed by atoms with Gasteiger partial charge >= 0.3 is 0 Å². The van der Waals surface area contributed by atoms with Gasteiger partial charge in [-0.2, -0.15) is 0 Å². The summed E-state index contributed by atoms with van der Waals surface area (Å²) in [6.45, 7) is 8.20. The standard InChI is InChI=1S/C23H29N3OS/c1-2-20-17-26(21-10-6-7-11-22(21)28-20)18-23(27)25-14-12-24(13-15-25)16-19-8-4-3-5-9-19/h3-11,20H,2,12-18H2,1H3. The highest BCUT2D eigenvalue weighted by molar-refractivity contribution is 8.00. The number of amides is 1. The lowest BCUT2D eigenvalue weighted by Gasteiger charge is -2.38. The van der Waals surface area contributed by atoms with Crippen LogP contribution in [0.3, 0.4) is 0 Å². The Bertz CT molecular complexity index is 789. The molecule has 1 amide bonds. The van der Waals surface area contributed by atoms with Crippen molar-refractivity contribution in [2.75, 3.05) is 44.2 Å². The topological polar surface area (TPSA) is 26.8 Å². The van der Waals surface area contributed by atoms with E-state index in [0.29, 0.717) is 11.8 Å². The third kappa shape index (κ3) is 4.53. The van der Waals surface area contributed by atoms with Crippen LogP contribution in [0.25, 0.3) is 0 Å². The molecule has 2 aliphatic heterocycles. The van der Waals surface area contributed by atoms with E-state index >= 15 is 0 Å². The fraction of sp³-hybridized carbons (Fsp3) is 0.435. The number of benzene rings is 2. The zero-order valence-electron chi connectivity index (χ0n) is 16.6. The molecule has 2 aromatic carbocycles. The normalized spacial score (nSPS) is 20.1. The van der Waals surface area contributed by atoms with Gasteiger partial charge in [-0.05, 0) is 24.1 Å². The van der Waals surface area contributed by atoms with E-state index in [2.05, 4.69) is 71.3 Å². The molecule has 0 aromatic heterocycles. The minimum atomic E-state index is 0.260. The van der Waals surface area contributed by atoms with E-state index in [1.807, 2.05) is 16.7 Å². The molecule has 4 rings (SSSR count). The molecule has 148 valence electrons. The van der Waals surface area contributed by atoms with Crippen molar-refractivity contribution in [3.63, 3.8) is 0 Å². The summed E-state index contributed by atoms with van der Waals surface area (Å²) < 4.78 is 0. The first-order valence-electron chi connectivity index (χ1n) is 10.3. The van der Waals surface area contributed by atoms with Crippen LogP contribution in [-0.4, -0.2) is 60.2 Å². The van der Waals surface area contributed by atoms with E-state index in [9.17, 15) is 4.79 Å². The van der Waals surface area contributed by atoms with Gasteiger partial charge in [0, 0.05) is 49.4 Å². The average molecular weight is 396 g/mol. The summed E-state index contributed by atoms with van der Waals surface area (Å²) in [5, 5.41) is 0.561. The number of thioether (sulfide) groups is 1. The lowest BCUT2D eigenvalue weighted by Crippen LogP contribution is -2.51. The Morgan fingerprint density at radius 1 is 1.00 bits per heavy atom. The Hall–Kier alpha value is -1.98. The largest absolute Gasteiger partial charge is 0.360 e. The van der Waals surface area contributed by atoms with Crippen LogP contribution in [-0.2, 0) is 11.3 Å². The van der Waals surface area contributed by atoms with Crippen LogP contribution in [0.5, 0.6) is 0 Å². The van der Waals surface area contributed by atoms with Crippen LogP contribution in [0.1, 0.15) is 18.9 Å². The molecule has 0 saturated carbocycles. The van der Waals surface area contributed by atoms with Gasteiger partial charge in [-0.3, -0.25) is 9.69 Å². The second kappa shape index (κ2) is 9.01. The smallest absolute Gasteiger partial charge is 0.242 e. The molecule has 4 nitrogen and oxygen atoms in total. The minimum Gasteiger partial charge on any atom is -0.360 e. The van der Waals surface area contributed by atoms with Crippen LogP contribution >= 0.6 is 11.8 Å². The summed E-state index contributed by atoms with van der Waals surface area (Å²) in [6, 6.07) is 19.1. The van der Waals surface area contributed by atoms with Gasteiger partial charge in [0.15, 0.2) is 0 Å². The maximum atomic E-state index is 13.0. The molecule has 2 aromatic rings. The molecule has 28 heavy (non-hydrogen) atoms. The van der Waals surface area contributed by atoms with Crippen LogP contribution in [0, 0.1) is 0 Å². The number of para-hydroxylation sites is 1. The van der Waals surface area contributed by atoms with Gasteiger partial charge < -0.3 is 9.80 Å². The molecule has 0 radical (unpaired) electrons. The lowest BCUT2D eigenvalue weighted by atomic mass is 10.2. The lowest BCUT2D eigenvalue weighted by molar-refractivity contribution is -0.131. The summed E-state index contributed by atoms with van der Waals surface area (Å²) in [4.78, 5) is 21.1. The van der Waals surface area contributed by atoms with Gasteiger partial charge in [-0.25, -0.2) is 0 Å². The summed E-state index contributed by atoms with van der Waals surface area (Å²) in [5.41, 5.74) is 2.56. The quantitative estimate of drug-likeness (QED) is 0.771. The zero-order valence-corrected chi connectivity index (χ0v) is 17.4. The number of nitrogens with zero attached hydrogens (tertiary/aromatic N) is 3. The van der Waals surface area contributed by atoms with Crippen molar-refractivity contribution in [2.24, 2.45) is 0 Å². The highest BCUT2D eigenvalue weighted by Gasteiger charge is 2.28. The minimum absolute atomic E-state index is 0.260. The van der Waals surface area contributed by atoms with E-state index in [0.717, 1.165) is 45.7 Å². The van der Waals surface area contributed by atoms with Crippen molar-refractivity contribution in [1.29, 1.82) is 0 Å². The van der Waals surface area contributed by atoms with Crippen LogP contribution in [0.15, 0.2) is 59.5 Å². The summed E-state index contributed by atoms with van der Waals surface area (Å²) in [7, 11) is 0. The van der Waals surface area contributed by atoms with E-state index < -0.39 is 0 Å². The second-order valence-electron chi connectivity index (χ2n) is 7.64. The SMILES string of the molecule is CCC1CN(CC(=O)N2CCN(Cc3ccccc3)CC2)c2ccccc2S1. The van der Waals surface area contributed by atoms with Crippen molar-refractivity contribution in [3.05, 3.63) is 60.2 Å². The van der Waals surface area contributed by atoms with Gasteiger partial charge in [0.1, 0.15) is 0 Å². The Kier molecular flexibility index (Phi) is 6.23. The fourth-order valence-corrected chi connectivity index (χ4v) is 5.26. The van der Waals surface area contributed by atoms with E-state index in [1.165, 1.54) is 16.1 Å². The molecule has 1 fully saturated rings.